The van der Waals surface area contributed by atoms with Crippen molar-refractivity contribution in [2.24, 2.45) is 0 Å². The molecule has 0 radical (unpaired) electrons. The number of carbonyl (C=O) groups excluding carboxylic acids is 1. The highest BCUT2D eigenvalue weighted by Crippen LogP contribution is 2.30. The molecule has 14 heteroatoms. The molecule has 2 aliphatic rings. The van der Waals surface area contributed by atoms with Gasteiger partial charge in [0.25, 0.3) is 0 Å². The van der Waals surface area contributed by atoms with E-state index in [0.717, 1.165) is 77.0 Å². The Morgan fingerprint density at radius 1 is 0.430 bits per heavy atom. The molecule has 0 aromatic heterocycles. The van der Waals surface area contributed by atoms with Gasteiger partial charge in [0.05, 0.1) is 32.0 Å². The molecule has 498 valence electrons. The van der Waals surface area contributed by atoms with Crippen LogP contribution in [0.4, 0.5) is 0 Å². The van der Waals surface area contributed by atoms with Gasteiger partial charge in [0, 0.05) is 6.42 Å². The summed E-state index contributed by atoms with van der Waals surface area (Å²) in [5, 5.41) is 87.4. The van der Waals surface area contributed by atoms with Gasteiger partial charge in [0.15, 0.2) is 12.6 Å². The highest BCUT2D eigenvalue weighted by Gasteiger charge is 2.51. The molecule has 0 aromatic carbocycles. The molecule has 0 aliphatic carbocycles. The van der Waals surface area contributed by atoms with Gasteiger partial charge in [-0.3, -0.25) is 4.79 Å². The van der Waals surface area contributed by atoms with Crippen LogP contribution >= 0.6 is 0 Å². The smallest absolute Gasteiger partial charge is 0.220 e. The summed E-state index contributed by atoms with van der Waals surface area (Å²) in [4.78, 5) is 13.3. The minimum Gasteiger partial charge on any atom is -0.394 e. The molecule has 9 N–H and O–H groups in total. The molecule has 0 aromatic rings. The zero-order valence-electron chi connectivity index (χ0n) is 54.0. The molecule has 86 heavy (non-hydrogen) atoms. The van der Waals surface area contributed by atoms with Crippen LogP contribution in [0.2, 0.25) is 0 Å². The van der Waals surface area contributed by atoms with E-state index >= 15 is 0 Å². The normalized spacial score (nSPS) is 23.9. The number of unbranched alkanes of at least 4 members (excludes halogenated alkanes) is 31. The summed E-state index contributed by atoms with van der Waals surface area (Å²) < 4.78 is 22.8. The number of allylic oxidation sites excluding steroid dienone is 13. The number of nitrogens with one attached hydrogen (secondary N) is 1. The lowest BCUT2D eigenvalue weighted by atomic mass is 9.97. The molecular formula is C72H127NO13. The fourth-order valence-corrected chi connectivity index (χ4v) is 11.0. The first-order valence-electron chi connectivity index (χ1n) is 34.8. The minimum absolute atomic E-state index is 0.256. The molecule has 0 spiro atoms. The Labute approximate surface area is 522 Å². The summed E-state index contributed by atoms with van der Waals surface area (Å²) in [7, 11) is 0. The first-order chi connectivity index (χ1) is 42.1. The molecule has 2 fully saturated rings. The van der Waals surface area contributed by atoms with Crippen molar-refractivity contribution in [2.75, 3.05) is 19.8 Å². The molecule has 2 aliphatic heterocycles. The van der Waals surface area contributed by atoms with Gasteiger partial charge in [-0.15, -0.1) is 0 Å². The Bertz CT molecular complexity index is 1770. The van der Waals surface area contributed by atoms with Crippen molar-refractivity contribution >= 4 is 5.91 Å². The maximum atomic E-state index is 13.3. The van der Waals surface area contributed by atoms with E-state index in [-0.39, 0.29) is 18.9 Å². The SMILES string of the molecule is CC/C=C\C/C=C\C/C=C\C/C=C\CCCCCCCCCCCCCCC(=O)NC(COC1OC(CO)C(OC2OC(CO)C(O)C(O)C2O)C(O)C1O)C(O)/C=C/CC/C=C/CC/C=C/CCCCCCCCCCCCCCCCCCC. The van der Waals surface area contributed by atoms with Crippen LogP contribution in [-0.4, -0.2) is 140 Å². The summed E-state index contributed by atoms with van der Waals surface area (Å²) in [6.07, 6.45) is 60.6. The van der Waals surface area contributed by atoms with E-state index in [4.69, 9.17) is 18.9 Å². The van der Waals surface area contributed by atoms with Gasteiger partial charge in [-0.05, 0) is 83.5 Å². The average Bonchev–Trinajstić information content (AvgIpc) is 2.54. The summed E-state index contributed by atoms with van der Waals surface area (Å²) in [6.45, 7) is 2.68. The predicted octanol–water partition coefficient (Wildman–Crippen LogP) is 14.0. The quantitative estimate of drug-likeness (QED) is 0.0204. The van der Waals surface area contributed by atoms with E-state index in [2.05, 4.69) is 92.1 Å². The summed E-state index contributed by atoms with van der Waals surface area (Å²) in [5.74, 6) is -0.256. The van der Waals surface area contributed by atoms with E-state index in [1.165, 1.54) is 161 Å². The minimum atomic E-state index is -1.80. The van der Waals surface area contributed by atoms with Crippen molar-refractivity contribution in [2.45, 2.75) is 344 Å². The summed E-state index contributed by atoms with van der Waals surface area (Å²) >= 11 is 0. The van der Waals surface area contributed by atoms with E-state index < -0.39 is 86.8 Å². The van der Waals surface area contributed by atoms with Crippen LogP contribution in [0.1, 0.15) is 271 Å². The number of hydrogen-bond acceptors (Lipinski definition) is 13. The Morgan fingerprint density at radius 3 is 1.28 bits per heavy atom. The van der Waals surface area contributed by atoms with E-state index in [1.54, 1.807) is 6.08 Å². The summed E-state index contributed by atoms with van der Waals surface area (Å²) in [5.41, 5.74) is 0. The Kier molecular flexibility index (Phi) is 51.8. The number of amides is 1. The summed E-state index contributed by atoms with van der Waals surface area (Å²) in [6, 6.07) is -0.945. The molecule has 14 nitrogen and oxygen atoms in total. The Hall–Kier alpha value is -2.83. The number of aliphatic hydroxyl groups excluding tert-OH is 8. The standard InChI is InChI=1S/C72H127NO13/c1-3-5-7-9-11-13-15-17-19-21-23-25-27-29-30-32-33-35-37-39-41-43-45-47-49-51-53-55-61(76)60(59-83-71-69(82)67(80)70(63(58-75)85-71)86-72-68(81)66(79)65(78)62(57-74)84-72)73-64(77)56-54-52-50-48-46-44-42-40-38-36-34-31-28-26-24-22-20-18-16-14-12-10-8-6-4-2/h6,8,12,14,18,20,24,26,37,39,45,47,53,55,60-63,65-72,74-76,78-82H,3-5,7,9-11,13,15-17,19,21-23,25,27-36,38,40-44,46,48-52,54,56-59H2,1-2H3,(H,73,77)/b8-6-,14-12-,20-18-,26-24-,39-37+,47-45+,55-53+. The van der Waals surface area contributed by atoms with Crippen LogP contribution in [0.15, 0.2) is 85.1 Å². The predicted molar refractivity (Wildman–Crippen MR) is 350 cm³/mol. The lowest BCUT2D eigenvalue weighted by molar-refractivity contribution is -0.359. The monoisotopic (exact) mass is 1210 g/mol. The number of carbonyl (C=O) groups is 1. The van der Waals surface area contributed by atoms with E-state index in [0.29, 0.717) is 12.8 Å². The van der Waals surface area contributed by atoms with Crippen LogP contribution in [0.3, 0.4) is 0 Å². The van der Waals surface area contributed by atoms with Gasteiger partial charge in [0.2, 0.25) is 5.91 Å². The average molecular weight is 1210 g/mol. The highest BCUT2D eigenvalue weighted by molar-refractivity contribution is 5.76. The zero-order valence-corrected chi connectivity index (χ0v) is 54.0. The second-order valence-electron chi connectivity index (χ2n) is 24.3. The van der Waals surface area contributed by atoms with Crippen LogP contribution in [0, 0.1) is 0 Å². The van der Waals surface area contributed by atoms with Crippen LogP contribution in [-0.2, 0) is 23.7 Å². The van der Waals surface area contributed by atoms with Gasteiger partial charge in [0.1, 0.15) is 48.8 Å². The maximum absolute atomic E-state index is 13.3. The molecular weight excluding hydrogens is 1090 g/mol. The molecule has 2 rings (SSSR count). The highest BCUT2D eigenvalue weighted by atomic mass is 16.7. The number of ether oxygens (including phenoxy) is 4. The Morgan fingerprint density at radius 2 is 0.814 bits per heavy atom. The van der Waals surface area contributed by atoms with E-state index in [9.17, 15) is 45.6 Å². The van der Waals surface area contributed by atoms with Crippen molar-refractivity contribution in [3.05, 3.63) is 85.1 Å². The molecule has 0 saturated carbocycles. The number of rotatable bonds is 56. The third kappa shape index (κ3) is 40.0. The molecule has 0 bridgehead atoms. The third-order valence-corrected chi connectivity index (χ3v) is 16.5. The number of hydrogen-bond donors (Lipinski definition) is 9. The lowest BCUT2D eigenvalue weighted by Crippen LogP contribution is -2.65. The molecule has 1 amide bonds. The van der Waals surface area contributed by atoms with E-state index in [1.807, 2.05) is 6.08 Å². The van der Waals surface area contributed by atoms with Gasteiger partial charge in [-0.2, -0.15) is 0 Å². The van der Waals surface area contributed by atoms with Crippen LogP contribution < -0.4 is 5.32 Å². The molecule has 12 atom stereocenters. The maximum Gasteiger partial charge on any atom is 0.220 e. The van der Waals surface area contributed by atoms with Crippen LogP contribution in [0.5, 0.6) is 0 Å². The van der Waals surface area contributed by atoms with Crippen molar-refractivity contribution in [1.82, 2.24) is 5.32 Å². The Balaban J connectivity index is 1.72. The van der Waals surface area contributed by atoms with Crippen molar-refractivity contribution in [1.29, 1.82) is 0 Å². The van der Waals surface area contributed by atoms with Crippen molar-refractivity contribution < 1.29 is 64.6 Å². The topological polar surface area (TPSA) is 228 Å². The zero-order chi connectivity index (χ0) is 62.3. The number of aliphatic hydroxyl groups is 8. The van der Waals surface area contributed by atoms with Gasteiger partial charge < -0.3 is 65.1 Å². The van der Waals surface area contributed by atoms with Crippen molar-refractivity contribution in [3.8, 4) is 0 Å². The molecule has 2 heterocycles. The lowest BCUT2D eigenvalue weighted by Gasteiger charge is -2.46. The van der Waals surface area contributed by atoms with Gasteiger partial charge in [-0.25, -0.2) is 0 Å². The first kappa shape index (κ1) is 79.3. The fourth-order valence-electron chi connectivity index (χ4n) is 11.0. The largest absolute Gasteiger partial charge is 0.394 e. The van der Waals surface area contributed by atoms with Gasteiger partial charge >= 0.3 is 0 Å². The van der Waals surface area contributed by atoms with Gasteiger partial charge in [-0.1, -0.05) is 266 Å². The molecule has 12 unspecified atom stereocenters. The van der Waals surface area contributed by atoms with Crippen molar-refractivity contribution in [3.63, 3.8) is 0 Å². The van der Waals surface area contributed by atoms with Crippen LogP contribution in [0.25, 0.3) is 0 Å². The second-order valence-corrected chi connectivity index (χ2v) is 24.3. The second kappa shape index (κ2) is 56.2. The third-order valence-electron chi connectivity index (χ3n) is 16.5. The first-order valence-corrected chi connectivity index (χ1v) is 34.8. The molecule has 2 saturated heterocycles. The fraction of sp³-hybridized carbons (Fsp3) is 0.792.